The summed E-state index contributed by atoms with van der Waals surface area (Å²) in [5, 5.41) is 11.1. The Morgan fingerprint density at radius 2 is 1.93 bits per heavy atom. The average molecular weight is 363 g/mol. The van der Waals surface area contributed by atoms with E-state index in [0.717, 1.165) is 36.3 Å². The predicted octanol–water partition coefficient (Wildman–Crippen LogP) is 2.71. The molecule has 4 rings (SSSR count). The molecule has 7 heteroatoms. The molecule has 7 nitrogen and oxygen atoms in total. The van der Waals surface area contributed by atoms with Crippen LogP contribution in [0.5, 0.6) is 5.75 Å². The van der Waals surface area contributed by atoms with Crippen molar-refractivity contribution in [1.29, 1.82) is 0 Å². The number of ether oxygens (including phenoxy) is 1. The fourth-order valence-corrected chi connectivity index (χ4v) is 3.54. The Kier molecular flexibility index (Phi) is 4.82. The zero-order valence-corrected chi connectivity index (χ0v) is 15.2. The van der Waals surface area contributed by atoms with E-state index < -0.39 is 0 Å². The number of methoxy groups -OCH3 is 1. The molecule has 2 heterocycles. The van der Waals surface area contributed by atoms with Crippen LogP contribution in [0, 0.1) is 0 Å². The summed E-state index contributed by atoms with van der Waals surface area (Å²) in [5.74, 6) is 0.898. The zero-order valence-electron chi connectivity index (χ0n) is 15.2. The number of hydrogen-bond acceptors (Lipinski definition) is 5. The predicted molar refractivity (Wildman–Crippen MR) is 99.4 cm³/mol. The van der Waals surface area contributed by atoms with E-state index in [4.69, 9.17) is 4.74 Å². The van der Waals surface area contributed by atoms with Crippen LogP contribution in [-0.2, 0) is 6.54 Å². The van der Waals surface area contributed by atoms with Crippen LogP contribution in [-0.4, -0.2) is 44.7 Å². The lowest BCUT2D eigenvalue weighted by molar-refractivity contribution is 0.0735. The average Bonchev–Trinajstić information content (AvgIpc) is 3.40. The molecular formula is C20H21N5O2. The molecule has 0 bridgehead atoms. The van der Waals surface area contributed by atoms with Crippen LogP contribution < -0.4 is 4.74 Å². The van der Waals surface area contributed by atoms with Gasteiger partial charge in [-0.3, -0.25) is 4.79 Å². The minimum absolute atomic E-state index is 0.0716. The quantitative estimate of drug-likeness (QED) is 0.697. The molecule has 138 valence electrons. The molecule has 1 atom stereocenters. The molecule has 27 heavy (non-hydrogen) atoms. The fraction of sp³-hybridized carbons (Fsp3) is 0.300. The first-order valence-corrected chi connectivity index (χ1v) is 8.99. The molecule has 1 saturated heterocycles. The molecule has 0 aliphatic carbocycles. The summed E-state index contributed by atoms with van der Waals surface area (Å²) in [6, 6.07) is 15.8. The Morgan fingerprint density at radius 1 is 1.15 bits per heavy atom. The molecule has 0 radical (unpaired) electrons. The topological polar surface area (TPSA) is 73.1 Å². The number of nitrogens with zero attached hydrogens (tertiary/aromatic N) is 5. The van der Waals surface area contributed by atoms with Crippen LogP contribution in [0.4, 0.5) is 0 Å². The van der Waals surface area contributed by atoms with Crippen molar-refractivity contribution in [3.8, 4) is 5.75 Å². The summed E-state index contributed by atoms with van der Waals surface area (Å²) in [7, 11) is 1.66. The first kappa shape index (κ1) is 17.2. The van der Waals surface area contributed by atoms with Crippen molar-refractivity contribution in [2.75, 3.05) is 13.7 Å². The maximum atomic E-state index is 13.0. The molecule has 1 amide bonds. The molecule has 1 aliphatic rings. The van der Waals surface area contributed by atoms with Gasteiger partial charge in [0.15, 0.2) is 0 Å². The van der Waals surface area contributed by atoms with Gasteiger partial charge < -0.3 is 9.64 Å². The van der Waals surface area contributed by atoms with Crippen LogP contribution in [0.3, 0.4) is 0 Å². The van der Waals surface area contributed by atoms with E-state index in [-0.39, 0.29) is 11.9 Å². The Balaban J connectivity index is 1.48. The normalized spacial score (nSPS) is 16.5. The fourth-order valence-electron chi connectivity index (χ4n) is 3.54. The highest BCUT2D eigenvalue weighted by Crippen LogP contribution is 2.33. The number of hydrogen-bond donors (Lipinski definition) is 0. The third-order valence-corrected chi connectivity index (χ3v) is 4.95. The summed E-state index contributed by atoms with van der Waals surface area (Å²) in [5.41, 5.74) is 2.90. The summed E-state index contributed by atoms with van der Waals surface area (Å²) >= 11 is 0. The monoisotopic (exact) mass is 363 g/mol. The number of rotatable bonds is 5. The second-order valence-corrected chi connectivity index (χ2v) is 6.63. The highest BCUT2D eigenvalue weighted by molar-refractivity contribution is 5.94. The summed E-state index contributed by atoms with van der Waals surface area (Å²) in [4.78, 5) is 15.0. The first-order chi connectivity index (χ1) is 13.2. The van der Waals surface area contributed by atoms with Crippen molar-refractivity contribution in [3.63, 3.8) is 0 Å². The van der Waals surface area contributed by atoms with Crippen LogP contribution in [0.15, 0.2) is 54.9 Å². The Labute approximate surface area is 157 Å². The van der Waals surface area contributed by atoms with Gasteiger partial charge in [-0.05, 0) is 58.7 Å². The number of carbonyl (C=O) groups is 1. The third-order valence-electron chi connectivity index (χ3n) is 4.95. The van der Waals surface area contributed by atoms with E-state index >= 15 is 0 Å². The summed E-state index contributed by atoms with van der Waals surface area (Å²) in [6.07, 6.45) is 3.57. The van der Waals surface area contributed by atoms with Crippen LogP contribution >= 0.6 is 0 Å². The van der Waals surface area contributed by atoms with Crippen molar-refractivity contribution in [3.05, 3.63) is 71.5 Å². The zero-order chi connectivity index (χ0) is 18.6. The van der Waals surface area contributed by atoms with Crippen molar-refractivity contribution < 1.29 is 9.53 Å². The van der Waals surface area contributed by atoms with Gasteiger partial charge in [0.2, 0.25) is 0 Å². The van der Waals surface area contributed by atoms with Gasteiger partial charge in [0.25, 0.3) is 5.91 Å². The molecule has 1 aromatic heterocycles. The smallest absolute Gasteiger partial charge is 0.254 e. The van der Waals surface area contributed by atoms with Gasteiger partial charge >= 0.3 is 0 Å². The standard InChI is InChI=1S/C20H21N5O2/c1-27-18-10-8-16(9-11-18)19-3-2-12-25(19)20(26)17-6-4-15(5-7-17)13-24-14-21-22-23-24/h4-11,14,19H,2-3,12-13H2,1H3. The van der Waals surface area contributed by atoms with Crippen molar-refractivity contribution >= 4 is 5.91 Å². The maximum Gasteiger partial charge on any atom is 0.254 e. The van der Waals surface area contributed by atoms with Gasteiger partial charge in [-0.15, -0.1) is 5.10 Å². The number of likely N-dealkylation sites (tertiary alicyclic amines) is 1. The molecule has 3 aromatic rings. The molecule has 0 saturated carbocycles. The molecule has 1 fully saturated rings. The van der Waals surface area contributed by atoms with E-state index in [1.54, 1.807) is 18.1 Å². The van der Waals surface area contributed by atoms with Crippen molar-refractivity contribution in [1.82, 2.24) is 25.1 Å². The number of aromatic nitrogens is 4. The molecular weight excluding hydrogens is 342 g/mol. The Bertz CT molecular complexity index is 891. The lowest BCUT2D eigenvalue weighted by Gasteiger charge is -2.25. The van der Waals surface area contributed by atoms with E-state index in [2.05, 4.69) is 15.5 Å². The van der Waals surface area contributed by atoms with Crippen LogP contribution in [0.1, 0.15) is 40.4 Å². The Morgan fingerprint density at radius 3 is 2.59 bits per heavy atom. The number of amides is 1. The van der Waals surface area contributed by atoms with Gasteiger partial charge in [0.1, 0.15) is 12.1 Å². The second kappa shape index (κ2) is 7.57. The van der Waals surface area contributed by atoms with Crippen molar-refractivity contribution in [2.24, 2.45) is 0 Å². The largest absolute Gasteiger partial charge is 0.497 e. The number of benzene rings is 2. The molecule has 0 spiro atoms. The van der Waals surface area contributed by atoms with E-state index in [1.165, 1.54) is 0 Å². The lowest BCUT2D eigenvalue weighted by atomic mass is 10.0. The van der Waals surface area contributed by atoms with E-state index in [0.29, 0.717) is 12.1 Å². The SMILES string of the molecule is COc1ccc(C2CCCN2C(=O)c2ccc(Cn3cnnn3)cc2)cc1. The Hall–Kier alpha value is -3.22. The van der Waals surface area contributed by atoms with Crippen LogP contribution in [0.2, 0.25) is 0 Å². The van der Waals surface area contributed by atoms with E-state index in [9.17, 15) is 4.79 Å². The highest BCUT2D eigenvalue weighted by atomic mass is 16.5. The summed E-state index contributed by atoms with van der Waals surface area (Å²) in [6.45, 7) is 1.36. The minimum Gasteiger partial charge on any atom is -0.497 e. The van der Waals surface area contributed by atoms with Crippen molar-refractivity contribution in [2.45, 2.75) is 25.4 Å². The number of carbonyl (C=O) groups excluding carboxylic acids is 1. The van der Waals surface area contributed by atoms with Gasteiger partial charge in [-0.2, -0.15) is 0 Å². The molecule has 2 aromatic carbocycles. The number of tetrazole rings is 1. The van der Waals surface area contributed by atoms with Crippen LogP contribution in [0.25, 0.3) is 0 Å². The van der Waals surface area contributed by atoms with E-state index in [1.807, 2.05) is 53.4 Å². The van der Waals surface area contributed by atoms with Gasteiger partial charge in [-0.25, -0.2) is 4.68 Å². The summed E-state index contributed by atoms with van der Waals surface area (Å²) < 4.78 is 6.88. The third kappa shape index (κ3) is 3.67. The lowest BCUT2D eigenvalue weighted by Crippen LogP contribution is -2.30. The van der Waals surface area contributed by atoms with Gasteiger partial charge in [0.05, 0.1) is 19.7 Å². The van der Waals surface area contributed by atoms with Gasteiger partial charge in [-0.1, -0.05) is 24.3 Å². The van der Waals surface area contributed by atoms with Gasteiger partial charge in [0, 0.05) is 12.1 Å². The molecule has 0 N–H and O–H groups in total. The second-order valence-electron chi connectivity index (χ2n) is 6.63. The highest BCUT2D eigenvalue weighted by Gasteiger charge is 2.30. The molecule has 1 unspecified atom stereocenters. The maximum absolute atomic E-state index is 13.0. The first-order valence-electron chi connectivity index (χ1n) is 8.99. The molecule has 1 aliphatic heterocycles. The minimum atomic E-state index is 0.0716.